The molecular weight excluding hydrogens is 416 g/mol. The number of sulfonamides is 1. The molecule has 3 rings (SSSR count). The Bertz CT molecular complexity index is 943. The Labute approximate surface area is 175 Å². The lowest BCUT2D eigenvalue weighted by Gasteiger charge is -2.23. The number of carbonyl (C=O) groups excluding carboxylic acids is 1. The van der Waals surface area contributed by atoms with Gasteiger partial charge in [0.15, 0.2) is 0 Å². The number of rotatable bonds is 6. The van der Waals surface area contributed by atoms with Crippen LogP contribution in [0.4, 0.5) is 0 Å². The first-order chi connectivity index (χ1) is 13.3. The predicted molar refractivity (Wildman–Crippen MR) is 113 cm³/mol. The Hall–Kier alpha value is -1.54. The van der Waals surface area contributed by atoms with E-state index in [0.29, 0.717) is 16.2 Å². The maximum absolute atomic E-state index is 12.9. The minimum Gasteiger partial charge on any atom is -0.349 e. The van der Waals surface area contributed by atoms with Crippen LogP contribution in [0.3, 0.4) is 0 Å². The number of hydrogen-bond acceptors (Lipinski definition) is 4. The molecule has 1 saturated carbocycles. The van der Waals surface area contributed by atoms with Crippen LogP contribution >= 0.6 is 23.4 Å². The van der Waals surface area contributed by atoms with E-state index < -0.39 is 10.0 Å². The van der Waals surface area contributed by atoms with Crippen LogP contribution in [0, 0.1) is 0 Å². The Kier molecular flexibility index (Phi) is 7.04. The van der Waals surface area contributed by atoms with E-state index in [9.17, 15) is 13.2 Å². The van der Waals surface area contributed by atoms with Gasteiger partial charge in [0.1, 0.15) is 4.90 Å². The summed E-state index contributed by atoms with van der Waals surface area (Å²) in [6.45, 7) is 0. The van der Waals surface area contributed by atoms with Crippen molar-refractivity contribution in [2.45, 2.75) is 53.7 Å². The average molecular weight is 439 g/mol. The van der Waals surface area contributed by atoms with Crippen molar-refractivity contribution in [1.82, 2.24) is 5.32 Å². The zero-order chi connectivity index (χ0) is 20.1. The van der Waals surface area contributed by atoms with Gasteiger partial charge in [-0.2, -0.15) is 0 Å². The number of nitrogens with two attached hydrogens (primary N) is 1. The second kappa shape index (κ2) is 9.31. The van der Waals surface area contributed by atoms with E-state index in [-0.39, 0.29) is 21.9 Å². The summed E-state index contributed by atoms with van der Waals surface area (Å²) in [7, 11) is -4.03. The van der Waals surface area contributed by atoms with Crippen molar-refractivity contribution in [3.63, 3.8) is 0 Å². The van der Waals surface area contributed by atoms with Crippen molar-refractivity contribution in [3.8, 4) is 0 Å². The van der Waals surface area contributed by atoms with Crippen molar-refractivity contribution in [2.24, 2.45) is 5.14 Å². The summed E-state index contributed by atoms with van der Waals surface area (Å²) in [6, 6.07) is 12.8. The molecule has 0 unspecified atom stereocenters. The van der Waals surface area contributed by atoms with Crippen LogP contribution in [-0.2, 0) is 15.8 Å². The lowest BCUT2D eigenvalue weighted by atomic mass is 9.95. The molecule has 0 bridgehead atoms. The van der Waals surface area contributed by atoms with Gasteiger partial charge in [-0.05, 0) is 30.5 Å². The summed E-state index contributed by atoms with van der Waals surface area (Å²) in [5, 5.41) is 8.34. The van der Waals surface area contributed by atoms with Gasteiger partial charge in [-0.25, -0.2) is 13.6 Å². The van der Waals surface area contributed by atoms with Gasteiger partial charge in [0, 0.05) is 16.7 Å². The van der Waals surface area contributed by atoms with Crippen LogP contribution in [0.5, 0.6) is 0 Å². The van der Waals surface area contributed by atoms with Gasteiger partial charge in [0.05, 0.1) is 10.6 Å². The van der Waals surface area contributed by atoms with Gasteiger partial charge in [0.25, 0.3) is 5.91 Å². The number of nitrogens with one attached hydrogen (secondary N) is 1. The van der Waals surface area contributed by atoms with Crippen LogP contribution in [0.1, 0.15) is 48.0 Å². The molecule has 2 aromatic rings. The zero-order valence-corrected chi connectivity index (χ0v) is 17.7. The van der Waals surface area contributed by atoms with Gasteiger partial charge in [-0.15, -0.1) is 11.8 Å². The smallest absolute Gasteiger partial charge is 0.252 e. The quantitative estimate of drug-likeness (QED) is 0.656. The first kappa shape index (κ1) is 21.2. The number of thioether (sulfide) groups is 1. The van der Waals surface area contributed by atoms with Crippen LogP contribution < -0.4 is 10.5 Å². The van der Waals surface area contributed by atoms with Gasteiger partial charge in [-0.1, -0.05) is 61.2 Å². The van der Waals surface area contributed by atoms with Crippen LogP contribution in [0.25, 0.3) is 0 Å². The molecule has 1 amide bonds. The van der Waals surface area contributed by atoms with Crippen molar-refractivity contribution in [3.05, 3.63) is 58.6 Å². The minimum absolute atomic E-state index is 0.0206. The van der Waals surface area contributed by atoms with Crippen LogP contribution in [0.15, 0.2) is 52.3 Å². The molecule has 5 nitrogen and oxygen atoms in total. The van der Waals surface area contributed by atoms with E-state index in [0.717, 1.165) is 31.2 Å². The van der Waals surface area contributed by atoms with Gasteiger partial charge < -0.3 is 5.32 Å². The third-order valence-electron chi connectivity index (χ3n) is 4.76. The lowest BCUT2D eigenvalue weighted by Crippen LogP contribution is -2.36. The molecule has 0 aromatic heterocycles. The largest absolute Gasteiger partial charge is 0.349 e. The van der Waals surface area contributed by atoms with Crippen LogP contribution in [-0.4, -0.2) is 20.4 Å². The van der Waals surface area contributed by atoms with E-state index in [4.69, 9.17) is 16.7 Å². The lowest BCUT2D eigenvalue weighted by molar-refractivity contribution is 0.0924. The highest BCUT2D eigenvalue weighted by Gasteiger charge is 2.23. The van der Waals surface area contributed by atoms with E-state index >= 15 is 0 Å². The minimum atomic E-state index is -4.03. The molecule has 0 spiro atoms. The fraction of sp³-hybridized carbons (Fsp3) is 0.350. The molecule has 8 heteroatoms. The van der Waals surface area contributed by atoms with E-state index in [2.05, 4.69) is 5.32 Å². The van der Waals surface area contributed by atoms with Crippen molar-refractivity contribution >= 4 is 39.3 Å². The summed E-state index contributed by atoms with van der Waals surface area (Å²) in [4.78, 5) is 13.3. The molecule has 0 radical (unpaired) electrons. The van der Waals surface area contributed by atoms with Crippen LogP contribution in [0.2, 0.25) is 5.02 Å². The summed E-state index contributed by atoms with van der Waals surface area (Å²) < 4.78 is 23.7. The van der Waals surface area contributed by atoms with Crippen molar-refractivity contribution in [2.75, 3.05) is 0 Å². The highest BCUT2D eigenvalue weighted by atomic mass is 35.5. The molecule has 0 aliphatic heterocycles. The molecule has 1 aliphatic rings. The molecule has 0 atom stereocenters. The number of carbonyl (C=O) groups is 1. The zero-order valence-electron chi connectivity index (χ0n) is 15.4. The first-order valence-electron chi connectivity index (χ1n) is 9.18. The normalized spacial score (nSPS) is 15.4. The molecule has 28 heavy (non-hydrogen) atoms. The van der Waals surface area contributed by atoms with Crippen molar-refractivity contribution in [1.29, 1.82) is 0 Å². The van der Waals surface area contributed by atoms with E-state index in [1.165, 1.54) is 30.3 Å². The maximum Gasteiger partial charge on any atom is 0.252 e. The van der Waals surface area contributed by atoms with Gasteiger partial charge >= 0.3 is 0 Å². The van der Waals surface area contributed by atoms with E-state index in [1.54, 1.807) is 0 Å². The number of primary sulfonamides is 1. The second-order valence-electron chi connectivity index (χ2n) is 6.91. The fourth-order valence-corrected chi connectivity index (χ4v) is 5.48. The summed E-state index contributed by atoms with van der Waals surface area (Å²) in [5.41, 5.74) is 1.39. The molecular formula is C20H23ClN2O3S2. The highest BCUT2D eigenvalue weighted by molar-refractivity contribution is 7.98. The van der Waals surface area contributed by atoms with Gasteiger partial charge in [0.2, 0.25) is 10.0 Å². The number of hydrogen-bond donors (Lipinski definition) is 2. The maximum atomic E-state index is 12.9. The molecule has 1 aliphatic carbocycles. The van der Waals surface area contributed by atoms with E-state index in [1.807, 2.05) is 30.3 Å². The molecule has 2 aromatic carbocycles. The molecule has 150 valence electrons. The monoisotopic (exact) mass is 438 g/mol. The summed E-state index contributed by atoms with van der Waals surface area (Å²) in [5.74, 6) is 0.347. The third-order valence-corrected chi connectivity index (χ3v) is 7.26. The number of halogens is 1. The summed E-state index contributed by atoms with van der Waals surface area (Å²) in [6.07, 6.45) is 5.23. The number of benzene rings is 2. The second-order valence-corrected chi connectivity index (χ2v) is 9.86. The topological polar surface area (TPSA) is 89.3 Å². The molecule has 3 N–H and O–H groups in total. The third kappa shape index (κ3) is 5.50. The predicted octanol–water partition coefficient (Wildman–Crippen LogP) is 4.34. The fourth-order valence-electron chi connectivity index (χ4n) is 3.30. The molecule has 0 heterocycles. The SMILES string of the molecule is NS(=O)(=O)c1cc(C(=O)NC2CCCCC2)c(SCc2ccccc2)cc1Cl. The Morgan fingerprint density at radius 2 is 1.82 bits per heavy atom. The molecule has 1 fully saturated rings. The number of amides is 1. The van der Waals surface area contributed by atoms with Crippen molar-refractivity contribution < 1.29 is 13.2 Å². The summed E-state index contributed by atoms with van der Waals surface area (Å²) >= 11 is 7.60. The standard InChI is InChI=1S/C20H23ClN2O3S2/c21-17-12-18(27-13-14-7-3-1-4-8-14)16(11-19(17)28(22,25)26)20(24)23-15-9-5-2-6-10-15/h1,3-4,7-8,11-12,15H,2,5-6,9-10,13H2,(H,23,24)(H2,22,25,26). The molecule has 0 saturated heterocycles. The van der Waals surface area contributed by atoms with Gasteiger partial charge in [-0.3, -0.25) is 4.79 Å². The highest BCUT2D eigenvalue weighted by Crippen LogP contribution is 2.33. The Morgan fingerprint density at radius 3 is 2.46 bits per heavy atom. The Balaban J connectivity index is 1.90. The Morgan fingerprint density at radius 1 is 1.14 bits per heavy atom. The average Bonchev–Trinajstić information content (AvgIpc) is 2.67. The first-order valence-corrected chi connectivity index (χ1v) is 12.1.